The maximum absolute atomic E-state index is 2.51. The molecule has 9 rings (SSSR count). The Morgan fingerprint density at radius 1 is 0.389 bits per heavy atom. The summed E-state index contributed by atoms with van der Waals surface area (Å²) in [7, 11) is 0. The van der Waals surface area contributed by atoms with Gasteiger partial charge in [0.2, 0.25) is 0 Å². The molecule has 1 atom stereocenters. The fourth-order valence-electron chi connectivity index (χ4n) is 8.18. The third-order valence-electron chi connectivity index (χ3n) is 11.0. The number of rotatable bonds is 8. The van der Waals surface area contributed by atoms with Crippen LogP contribution in [0.1, 0.15) is 17.5 Å². The van der Waals surface area contributed by atoms with Gasteiger partial charge in [-0.05, 0) is 136 Å². The number of nitrogens with zero attached hydrogens (tertiary/aromatic N) is 2. The molecule has 8 aromatic carbocycles. The molecular formula is C52H42N2. The third-order valence-corrected chi connectivity index (χ3v) is 11.0. The van der Waals surface area contributed by atoms with Crippen LogP contribution >= 0.6 is 0 Å². The molecule has 0 heterocycles. The van der Waals surface area contributed by atoms with E-state index in [0.29, 0.717) is 0 Å². The van der Waals surface area contributed by atoms with E-state index in [0.717, 1.165) is 23.5 Å². The Labute approximate surface area is 318 Å². The van der Waals surface area contributed by atoms with Gasteiger partial charge in [0.15, 0.2) is 0 Å². The van der Waals surface area contributed by atoms with Crippen molar-refractivity contribution in [3.8, 4) is 22.3 Å². The molecule has 8 aromatic rings. The van der Waals surface area contributed by atoms with Crippen molar-refractivity contribution in [2.75, 3.05) is 9.80 Å². The Morgan fingerprint density at radius 2 is 0.815 bits per heavy atom. The van der Waals surface area contributed by atoms with E-state index in [1.165, 1.54) is 66.0 Å². The number of hydrogen-bond acceptors (Lipinski definition) is 2. The largest absolute Gasteiger partial charge is 0.334 e. The van der Waals surface area contributed by atoms with Gasteiger partial charge in [-0.15, -0.1) is 0 Å². The highest BCUT2D eigenvalue weighted by molar-refractivity contribution is 5.94. The smallest absolute Gasteiger partial charge is 0.0566 e. The van der Waals surface area contributed by atoms with Crippen LogP contribution in [0.25, 0.3) is 45.2 Å². The van der Waals surface area contributed by atoms with Crippen LogP contribution in [0.15, 0.2) is 188 Å². The summed E-state index contributed by atoms with van der Waals surface area (Å²) >= 11 is 0. The van der Waals surface area contributed by atoms with Crippen molar-refractivity contribution in [2.24, 2.45) is 0 Å². The molecule has 0 bridgehead atoms. The molecule has 2 nitrogen and oxygen atoms in total. The van der Waals surface area contributed by atoms with Crippen molar-refractivity contribution in [1.29, 1.82) is 0 Å². The van der Waals surface area contributed by atoms with E-state index in [9.17, 15) is 0 Å². The topological polar surface area (TPSA) is 6.48 Å². The first-order valence-electron chi connectivity index (χ1n) is 18.9. The Hall–Kier alpha value is -6.64. The van der Waals surface area contributed by atoms with Crippen LogP contribution in [0, 0.1) is 13.8 Å². The van der Waals surface area contributed by atoms with Crippen LogP contribution in [-0.4, -0.2) is 6.04 Å². The zero-order chi connectivity index (χ0) is 36.4. The predicted octanol–water partition coefficient (Wildman–Crippen LogP) is 12.4. The van der Waals surface area contributed by atoms with E-state index in [4.69, 9.17) is 0 Å². The van der Waals surface area contributed by atoms with E-state index in [2.05, 4.69) is 224 Å². The van der Waals surface area contributed by atoms with Crippen LogP contribution in [0.5, 0.6) is 0 Å². The van der Waals surface area contributed by atoms with Gasteiger partial charge in [-0.1, -0.05) is 140 Å². The Morgan fingerprint density at radius 3 is 1.39 bits per heavy atom. The molecule has 54 heavy (non-hydrogen) atoms. The number of anilines is 5. The lowest BCUT2D eigenvalue weighted by Crippen LogP contribution is -2.40. The van der Waals surface area contributed by atoms with Crippen molar-refractivity contribution in [3.05, 3.63) is 210 Å². The summed E-state index contributed by atoms with van der Waals surface area (Å²) in [6.45, 7) is 4.60. The van der Waals surface area contributed by atoms with Gasteiger partial charge >= 0.3 is 0 Å². The normalized spacial score (nSPS) is 13.4. The quantitative estimate of drug-likeness (QED) is 0.156. The Bertz CT molecular complexity index is 2670. The molecule has 260 valence electrons. The van der Waals surface area contributed by atoms with Crippen molar-refractivity contribution in [1.82, 2.24) is 0 Å². The van der Waals surface area contributed by atoms with Crippen molar-refractivity contribution in [2.45, 2.75) is 26.3 Å². The fraction of sp³-hybridized carbons (Fsp3) is 0.0769. The lowest BCUT2D eigenvalue weighted by Gasteiger charge is -2.33. The summed E-state index contributed by atoms with van der Waals surface area (Å²) in [6, 6.07) is 67.9. The monoisotopic (exact) mass is 694 g/mol. The molecule has 1 aliphatic carbocycles. The van der Waals surface area contributed by atoms with Crippen LogP contribution in [0.4, 0.5) is 28.4 Å². The predicted molar refractivity (Wildman–Crippen MR) is 231 cm³/mol. The summed E-state index contributed by atoms with van der Waals surface area (Å²) in [6.07, 6.45) is 5.89. The third kappa shape index (κ3) is 6.27. The van der Waals surface area contributed by atoms with Crippen LogP contribution in [0.3, 0.4) is 0 Å². The zero-order valence-corrected chi connectivity index (χ0v) is 30.7. The number of fused-ring (bicyclic) bond motifs is 2. The minimum absolute atomic E-state index is 0.171. The highest BCUT2D eigenvalue weighted by atomic mass is 15.2. The summed E-state index contributed by atoms with van der Waals surface area (Å²) in [5, 5.41) is 5.28. The number of para-hydroxylation sites is 2. The molecule has 0 N–H and O–H groups in total. The second kappa shape index (κ2) is 14.4. The molecular weight excluding hydrogens is 653 g/mol. The van der Waals surface area contributed by atoms with E-state index < -0.39 is 0 Å². The van der Waals surface area contributed by atoms with E-state index in [1.54, 1.807) is 0 Å². The van der Waals surface area contributed by atoms with Gasteiger partial charge in [0.1, 0.15) is 0 Å². The van der Waals surface area contributed by atoms with Gasteiger partial charge in [0.25, 0.3) is 0 Å². The molecule has 2 heteroatoms. The van der Waals surface area contributed by atoms with Gasteiger partial charge in [-0.3, -0.25) is 0 Å². The zero-order valence-electron chi connectivity index (χ0n) is 30.7. The minimum atomic E-state index is 0.171. The lowest BCUT2D eigenvalue weighted by molar-refractivity contribution is 0.836. The SMILES string of the molecule is Cc1c2c(c(C)c3cc(N(c4ccccc4)c4ccc(-c5ccccc5)cc4)ccc13)=CCC(N(c1ccccc1)c1ccc(-c3ccccc3)cc1)C=2. The first-order chi connectivity index (χ1) is 26.6. The molecule has 0 aromatic heterocycles. The summed E-state index contributed by atoms with van der Waals surface area (Å²) in [5.41, 5.74) is 13.3. The summed E-state index contributed by atoms with van der Waals surface area (Å²) in [5.74, 6) is 0. The first-order valence-corrected chi connectivity index (χ1v) is 18.9. The van der Waals surface area contributed by atoms with Crippen LogP contribution < -0.4 is 20.2 Å². The maximum atomic E-state index is 2.51. The molecule has 0 aliphatic heterocycles. The van der Waals surface area contributed by atoms with Gasteiger partial charge < -0.3 is 9.80 Å². The van der Waals surface area contributed by atoms with Gasteiger partial charge in [0, 0.05) is 28.4 Å². The van der Waals surface area contributed by atoms with Gasteiger partial charge in [0.05, 0.1) is 6.04 Å². The van der Waals surface area contributed by atoms with E-state index in [-0.39, 0.29) is 6.04 Å². The first kappa shape index (κ1) is 33.2. The van der Waals surface area contributed by atoms with E-state index >= 15 is 0 Å². The minimum Gasteiger partial charge on any atom is -0.334 e. The fourth-order valence-corrected chi connectivity index (χ4v) is 8.18. The molecule has 0 saturated heterocycles. The molecule has 0 spiro atoms. The van der Waals surface area contributed by atoms with Crippen molar-refractivity contribution in [3.63, 3.8) is 0 Å². The molecule has 0 radical (unpaired) electrons. The van der Waals surface area contributed by atoms with Crippen molar-refractivity contribution >= 4 is 51.4 Å². The molecule has 1 aliphatic rings. The average Bonchev–Trinajstić information content (AvgIpc) is 3.25. The molecule has 1 unspecified atom stereocenters. The average molecular weight is 695 g/mol. The highest BCUT2D eigenvalue weighted by Crippen LogP contribution is 2.38. The number of hydrogen-bond donors (Lipinski definition) is 0. The molecule has 0 amide bonds. The number of aryl methyl sites for hydroxylation is 2. The maximum Gasteiger partial charge on any atom is 0.0566 e. The Balaban J connectivity index is 1.12. The second-order valence-corrected chi connectivity index (χ2v) is 14.2. The highest BCUT2D eigenvalue weighted by Gasteiger charge is 2.22. The lowest BCUT2D eigenvalue weighted by atomic mass is 9.90. The summed E-state index contributed by atoms with van der Waals surface area (Å²) in [4.78, 5) is 4.87. The standard InChI is InChI=1S/C52H42N2/c1-37-49-33-31-48(54(44-21-13-6-14-22-44)46-29-25-42(26-30-46)40-17-9-4-10-18-40)36-52(49)38(2)50-34-32-47(35-51(37)50)53(43-19-11-5-12-20-43)45-27-23-41(24-28-45)39-15-7-3-8-16-39/h3-31,33-36,47H,32H2,1-2H3. The van der Waals surface area contributed by atoms with Gasteiger partial charge in [-0.2, -0.15) is 0 Å². The number of benzene rings is 8. The Kier molecular flexibility index (Phi) is 8.86. The van der Waals surface area contributed by atoms with Gasteiger partial charge in [-0.25, -0.2) is 0 Å². The second-order valence-electron chi connectivity index (χ2n) is 14.2. The van der Waals surface area contributed by atoms with E-state index in [1.807, 2.05) is 0 Å². The van der Waals surface area contributed by atoms with Crippen molar-refractivity contribution < 1.29 is 0 Å². The van der Waals surface area contributed by atoms with Crippen LogP contribution in [0.2, 0.25) is 0 Å². The molecule has 0 saturated carbocycles. The van der Waals surface area contributed by atoms with Crippen LogP contribution in [-0.2, 0) is 0 Å². The molecule has 0 fully saturated rings. The summed E-state index contributed by atoms with van der Waals surface area (Å²) < 4.78 is 0.